The fourth-order valence-electron chi connectivity index (χ4n) is 1.48. The van der Waals surface area contributed by atoms with E-state index in [4.69, 9.17) is 0 Å². The summed E-state index contributed by atoms with van der Waals surface area (Å²) >= 11 is 1.48. The Kier molecular flexibility index (Phi) is 3.99. The van der Waals surface area contributed by atoms with Gasteiger partial charge in [-0.25, -0.2) is 4.39 Å². The van der Waals surface area contributed by atoms with Gasteiger partial charge >= 0.3 is 0 Å². The van der Waals surface area contributed by atoms with Crippen LogP contribution in [-0.4, -0.2) is 5.91 Å². The molecule has 0 saturated carbocycles. The van der Waals surface area contributed by atoms with Crippen LogP contribution >= 0.6 is 11.8 Å². The molecule has 0 saturated heterocycles. The highest BCUT2D eigenvalue weighted by Crippen LogP contribution is 2.33. The zero-order valence-corrected chi connectivity index (χ0v) is 10.6. The first-order valence-electron chi connectivity index (χ1n) is 5.45. The number of carbonyl (C=O) groups is 1. The Morgan fingerprint density at radius 2 is 1.78 bits per heavy atom. The second-order valence-electron chi connectivity index (χ2n) is 3.73. The van der Waals surface area contributed by atoms with Gasteiger partial charge in [0, 0.05) is 16.7 Å². The van der Waals surface area contributed by atoms with E-state index in [0.717, 1.165) is 15.5 Å². The average Bonchev–Trinajstić information content (AvgIpc) is 2.34. The predicted molar refractivity (Wildman–Crippen MR) is 71.3 cm³/mol. The van der Waals surface area contributed by atoms with Crippen LogP contribution in [0.2, 0.25) is 0 Å². The number of halogens is 1. The third-order valence-corrected chi connectivity index (χ3v) is 3.32. The second-order valence-corrected chi connectivity index (χ2v) is 4.85. The summed E-state index contributed by atoms with van der Waals surface area (Å²) in [5.74, 6) is -0.364. The first-order valence-corrected chi connectivity index (χ1v) is 6.27. The van der Waals surface area contributed by atoms with Crippen LogP contribution < -0.4 is 5.32 Å². The topological polar surface area (TPSA) is 29.1 Å². The molecule has 4 heteroatoms. The molecule has 0 bridgehead atoms. The van der Waals surface area contributed by atoms with E-state index in [2.05, 4.69) is 5.32 Å². The minimum absolute atomic E-state index is 0.109. The molecule has 0 radical (unpaired) electrons. The lowest BCUT2D eigenvalue weighted by Crippen LogP contribution is -2.06. The van der Waals surface area contributed by atoms with Gasteiger partial charge in [-0.3, -0.25) is 4.79 Å². The van der Waals surface area contributed by atoms with E-state index in [1.165, 1.54) is 30.8 Å². The van der Waals surface area contributed by atoms with Gasteiger partial charge in [0.1, 0.15) is 5.82 Å². The molecular weight excluding hydrogens is 249 g/mol. The lowest BCUT2D eigenvalue weighted by atomic mass is 10.3. The molecule has 0 aliphatic rings. The molecule has 0 atom stereocenters. The van der Waals surface area contributed by atoms with Gasteiger partial charge < -0.3 is 5.32 Å². The maximum Gasteiger partial charge on any atom is 0.221 e. The van der Waals surface area contributed by atoms with E-state index in [1.54, 1.807) is 12.1 Å². The Morgan fingerprint density at radius 1 is 1.11 bits per heavy atom. The quantitative estimate of drug-likeness (QED) is 0.906. The average molecular weight is 261 g/mol. The summed E-state index contributed by atoms with van der Waals surface area (Å²) in [4.78, 5) is 12.9. The van der Waals surface area contributed by atoms with E-state index in [0.29, 0.717) is 0 Å². The maximum atomic E-state index is 12.8. The lowest BCUT2D eigenvalue weighted by molar-refractivity contribution is -0.114. The van der Waals surface area contributed by atoms with Gasteiger partial charge in [0.2, 0.25) is 5.91 Å². The van der Waals surface area contributed by atoms with Crippen molar-refractivity contribution in [1.82, 2.24) is 0 Å². The normalized spacial score (nSPS) is 10.1. The van der Waals surface area contributed by atoms with Crippen molar-refractivity contribution < 1.29 is 9.18 Å². The summed E-state index contributed by atoms with van der Waals surface area (Å²) in [6, 6.07) is 13.8. The van der Waals surface area contributed by atoms with Crippen LogP contribution in [0.1, 0.15) is 6.92 Å². The molecule has 1 N–H and O–H groups in total. The number of anilines is 1. The summed E-state index contributed by atoms with van der Waals surface area (Å²) in [5, 5.41) is 2.77. The van der Waals surface area contributed by atoms with E-state index >= 15 is 0 Å². The predicted octanol–water partition coefficient (Wildman–Crippen LogP) is 3.94. The Labute approximate surface area is 109 Å². The number of rotatable bonds is 3. The van der Waals surface area contributed by atoms with Gasteiger partial charge in [-0.05, 0) is 36.4 Å². The zero-order chi connectivity index (χ0) is 13.0. The molecule has 2 nitrogen and oxygen atoms in total. The highest BCUT2D eigenvalue weighted by Gasteiger charge is 2.05. The molecule has 0 spiro atoms. The first kappa shape index (κ1) is 12.6. The molecule has 2 rings (SSSR count). The smallest absolute Gasteiger partial charge is 0.221 e. The molecule has 0 aromatic heterocycles. The van der Waals surface area contributed by atoms with Crippen molar-refractivity contribution in [3.8, 4) is 0 Å². The van der Waals surface area contributed by atoms with Crippen molar-refractivity contribution in [3.63, 3.8) is 0 Å². The monoisotopic (exact) mass is 261 g/mol. The van der Waals surface area contributed by atoms with E-state index in [1.807, 2.05) is 24.3 Å². The second kappa shape index (κ2) is 5.69. The van der Waals surface area contributed by atoms with E-state index in [-0.39, 0.29) is 11.7 Å². The summed E-state index contributed by atoms with van der Waals surface area (Å²) in [6.45, 7) is 1.47. The molecule has 18 heavy (non-hydrogen) atoms. The molecule has 0 unspecified atom stereocenters. The number of para-hydroxylation sites is 1. The number of hydrogen-bond donors (Lipinski definition) is 1. The highest BCUT2D eigenvalue weighted by molar-refractivity contribution is 7.99. The van der Waals surface area contributed by atoms with Gasteiger partial charge in [0.05, 0.1) is 5.69 Å². The van der Waals surface area contributed by atoms with Gasteiger partial charge in [0.25, 0.3) is 0 Å². The van der Waals surface area contributed by atoms with Crippen LogP contribution in [-0.2, 0) is 4.79 Å². The minimum Gasteiger partial charge on any atom is -0.325 e. The molecule has 0 heterocycles. The molecule has 92 valence electrons. The van der Waals surface area contributed by atoms with Crippen LogP contribution in [0, 0.1) is 5.82 Å². The third-order valence-electron chi connectivity index (χ3n) is 2.24. The molecule has 0 fully saturated rings. The number of benzene rings is 2. The fraction of sp³-hybridized carbons (Fsp3) is 0.0714. The lowest BCUT2D eigenvalue weighted by Gasteiger charge is -2.09. The number of hydrogen-bond acceptors (Lipinski definition) is 2. The summed E-state index contributed by atoms with van der Waals surface area (Å²) < 4.78 is 12.8. The van der Waals surface area contributed by atoms with Crippen molar-refractivity contribution in [2.75, 3.05) is 5.32 Å². The van der Waals surface area contributed by atoms with Crippen molar-refractivity contribution in [1.29, 1.82) is 0 Å². The van der Waals surface area contributed by atoms with Gasteiger partial charge in [0.15, 0.2) is 0 Å². The molecular formula is C14H12FNOS. The van der Waals surface area contributed by atoms with Gasteiger partial charge in [-0.1, -0.05) is 23.9 Å². The molecule has 0 aliphatic carbocycles. The summed E-state index contributed by atoms with van der Waals surface area (Å²) in [7, 11) is 0. The SMILES string of the molecule is CC(=O)Nc1ccccc1Sc1ccc(F)cc1. The maximum absolute atomic E-state index is 12.8. The van der Waals surface area contributed by atoms with Crippen LogP contribution in [0.4, 0.5) is 10.1 Å². The van der Waals surface area contributed by atoms with Gasteiger partial charge in [-0.15, -0.1) is 0 Å². The third kappa shape index (κ3) is 3.34. The van der Waals surface area contributed by atoms with Crippen molar-refractivity contribution in [2.45, 2.75) is 16.7 Å². The minimum atomic E-state index is -0.255. The largest absolute Gasteiger partial charge is 0.325 e. The Balaban J connectivity index is 2.23. The van der Waals surface area contributed by atoms with Crippen LogP contribution in [0.5, 0.6) is 0 Å². The molecule has 1 amide bonds. The Bertz CT molecular complexity index is 554. The summed E-state index contributed by atoms with van der Waals surface area (Å²) in [6.07, 6.45) is 0. The van der Waals surface area contributed by atoms with Crippen molar-refractivity contribution >= 4 is 23.4 Å². The number of amides is 1. The van der Waals surface area contributed by atoms with Crippen LogP contribution in [0.15, 0.2) is 58.3 Å². The summed E-state index contributed by atoms with van der Waals surface area (Å²) in [5.41, 5.74) is 0.763. The Hall–Kier alpha value is -1.81. The molecule has 2 aromatic rings. The Morgan fingerprint density at radius 3 is 2.44 bits per heavy atom. The zero-order valence-electron chi connectivity index (χ0n) is 9.81. The van der Waals surface area contributed by atoms with Crippen molar-refractivity contribution in [2.24, 2.45) is 0 Å². The van der Waals surface area contributed by atoms with Crippen LogP contribution in [0.25, 0.3) is 0 Å². The number of nitrogens with one attached hydrogen (secondary N) is 1. The van der Waals surface area contributed by atoms with E-state index < -0.39 is 0 Å². The first-order chi connectivity index (χ1) is 8.65. The standard InChI is InChI=1S/C14H12FNOS/c1-10(17)16-13-4-2-3-5-14(13)18-12-8-6-11(15)7-9-12/h2-9H,1H3,(H,16,17). The van der Waals surface area contributed by atoms with Gasteiger partial charge in [-0.2, -0.15) is 0 Å². The highest BCUT2D eigenvalue weighted by atomic mass is 32.2. The fourth-order valence-corrected chi connectivity index (χ4v) is 2.38. The number of carbonyl (C=O) groups excluding carboxylic acids is 1. The van der Waals surface area contributed by atoms with Crippen molar-refractivity contribution in [3.05, 3.63) is 54.3 Å². The van der Waals surface area contributed by atoms with Crippen LogP contribution in [0.3, 0.4) is 0 Å². The van der Waals surface area contributed by atoms with E-state index in [9.17, 15) is 9.18 Å². The molecule has 2 aromatic carbocycles. The molecule has 0 aliphatic heterocycles.